The second-order valence-electron chi connectivity index (χ2n) is 3.52. The van der Waals surface area contributed by atoms with Crippen LogP contribution < -0.4 is 5.43 Å². The second kappa shape index (κ2) is 4.18. The van der Waals surface area contributed by atoms with Crippen molar-refractivity contribution in [1.29, 1.82) is 0 Å². The number of nitrogens with zero attached hydrogens (tertiary/aromatic N) is 2. The van der Waals surface area contributed by atoms with Crippen molar-refractivity contribution in [1.82, 2.24) is 9.78 Å². The molecule has 0 aliphatic rings. The molecule has 2 aromatic rings. The molecule has 2 aromatic heterocycles. The van der Waals surface area contributed by atoms with Crippen LogP contribution >= 0.6 is 0 Å². The van der Waals surface area contributed by atoms with Crippen LogP contribution in [0.25, 0.3) is 12.2 Å². The second-order valence-corrected chi connectivity index (χ2v) is 3.52. The molecule has 0 saturated heterocycles. The summed E-state index contributed by atoms with van der Waals surface area (Å²) >= 11 is 0. The van der Waals surface area contributed by atoms with Crippen molar-refractivity contribution in [3.63, 3.8) is 0 Å². The molecule has 0 fully saturated rings. The molecule has 82 valence electrons. The first-order valence-electron chi connectivity index (χ1n) is 4.93. The molecular weight excluding hydrogens is 204 g/mol. The molecule has 2 rings (SSSR count). The van der Waals surface area contributed by atoms with Gasteiger partial charge in [0.25, 0.3) is 0 Å². The van der Waals surface area contributed by atoms with Crippen LogP contribution in [0.15, 0.2) is 33.6 Å². The molecule has 16 heavy (non-hydrogen) atoms. The van der Waals surface area contributed by atoms with Gasteiger partial charge >= 0.3 is 0 Å². The summed E-state index contributed by atoms with van der Waals surface area (Å²) in [6, 6.07) is 4.80. The molecule has 0 bridgehead atoms. The summed E-state index contributed by atoms with van der Waals surface area (Å²) in [5, 5.41) is 4.04. The van der Waals surface area contributed by atoms with Crippen molar-refractivity contribution in [3.8, 4) is 0 Å². The van der Waals surface area contributed by atoms with E-state index in [9.17, 15) is 4.79 Å². The van der Waals surface area contributed by atoms with Gasteiger partial charge in [0.2, 0.25) is 0 Å². The zero-order valence-corrected chi connectivity index (χ0v) is 9.18. The summed E-state index contributed by atoms with van der Waals surface area (Å²) in [6.45, 7) is 1.75. The van der Waals surface area contributed by atoms with Crippen molar-refractivity contribution >= 4 is 12.2 Å². The molecule has 0 N–H and O–H groups in total. The van der Waals surface area contributed by atoms with Crippen LogP contribution in [0, 0.1) is 6.92 Å². The molecule has 0 amide bonds. The standard InChI is InChI=1S/C12H12N2O2/c1-9-7-11(15)8-12(16-9)4-3-10-5-6-13-14(10)2/h3-8H,1-2H3/b4-3+. The zero-order valence-electron chi connectivity index (χ0n) is 9.18. The third-order valence-corrected chi connectivity index (χ3v) is 2.19. The third-order valence-electron chi connectivity index (χ3n) is 2.19. The van der Waals surface area contributed by atoms with Crippen molar-refractivity contribution in [3.05, 3.63) is 51.8 Å². The van der Waals surface area contributed by atoms with Gasteiger partial charge in [-0.2, -0.15) is 5.10 Å². The maximum atomic E-state index is 11.2. The Morgan fingerprint density at radius 3 is 2.81 bits per heavy atom. The fourth-order valence-electron chi connectivity index (χ4n) is 1.42. The molecule has 4 heteroatoms. The van der Waals surface area contributed by atoms with Crippen LogP contribution in [0.1, 0.15) is 17.2 Å². The van der Waals surface area contributed by atoms with E-state index in [0.29, 0.717) is 11.5 Å². The lowest BCUT2D eigenvalue weighted by Crippen LogP contribution is -1.98. The first kappa shape index (κ1) is 10.4. The molecular formula is C12H12N2O2. The maximum absolute atomic E-state index is 11.2. The van der Waals surface area contributed by atoms with E-state index in [2.05, 4.69) is 5.10 Å². The van der Waals surface area contributed by atoms with E-state index in [1.165, 1.54) is 12.1 Å². The first-order chi connectivity index (χ1) is 7.65. The van der Waals surface area contributed by atoms with E-state index in [-0.39, 0.29) is 5.43 Å². The van der Waals surface area contributed by atoms with Gasteiger partial charge in [-0.1, -0.05) is 0 Å². The molecule has 4 nitrogen and oxygen atoms in total. The van der Waals surface area contributed by atoms with E-state index in [1.807, 2.05) is 19.2 Å². The van der Waals surface area contributed by atoms with Crippen molar-refractivity contribution in [2.75, 3.05) is 0 Å². The van der Waals surface area contributed by atoms with Gasteiger partial charge in [-0.05, 0) is 25.1 Å². The monoisotopic (exact) mass is 216 g/mol. The molecule has 2 heterocycles. The Labute approximate surface area is 92.8 Å². The number of hydrogen-bond donors (Lipinski definition) is 0. The third kappa shape index (κ3) is 2.28. The Kier molecular flexibility index (Phi) is 2.72. The zero-order chi connectivity index (χ0) is 11.5. The van der Waals surface area contributed by atoms with E-state index in [1.54, 1.807) is 23.9 Å². The topological polar surface area (TPSA) is 48.0 Å². The molecule has 0 aromatic carbocycles. The molecule has 0 aliphatic heterocycles. The minimum Gasteiger partial charge on any atom is -0.462 e. The lowest BCUT2D eigenvalue weighted by Gasteiger charge is -1.96. The van der Waals surface area contributed by atoms with Gasteiger partial charge < -0.3 is 4.42 Å². The van der Waals surface area contributed by atoms with Gasteiger partial charge in [0, 0.05) is 25.4 Å². The van der Waals surface area contributed by atoms with Gasteiger partial charge in [-0.3, -0.25) is 9.48 Å². The molecule has 0 atom stereocenters. The van der Waals surface area contributed by atoms with Gasteiger partial charge in [-0.25, -0.2) is 0 Å². The summed E-state index contributed by atoms with van der Waals surface area (Å²) in [6.07, 6.45) is 5.32. The Bertz CT molecular complexity index is 579. The fourth-order valence-corrected chi connectivity index (χ4v) is 1.42. The van der Waals surface area contributed by atoms with Crippen LogP contribution in [-0.4, -0.2) is 9.78 Å². The SMILES string of the molecule is Cc1cc(=O)cc(/C=C/c2ccnn2C)o1. The fraction of sp³-hybridized carbons (Fsp3) is 0.167. The Morgan fingerprint density at radius 1 is 1.38 bits per heavy atom. The number of aryl methyl sites for hydroxylation is 2. The van der Waals surface area contributed by atoms with Crippen LogP contribution in [-0.2, 0) is 7.05 Å². The highest BCUT2D eigenvalue weighted by Gasteiger charge is 1.96. The van der Waals surface area contributed by atoms with Crippen LogP contribution in [0.4, 0.5) is 0 Å². The molecule has 0 saturated carbocycles. The number of aromatic nitrogens is 2. The van der Waals surface area contributed by atoms with E-state index in [0.717, 1.165) is 5.69 Å². The predicted molar refractivity (Wildman–Crippen MR) is 61.9 cm³/mol. The van der Waals surface area contributed by atoms with Crippen LogP contribution in [0.2, 0.25) is 0 Å². The largest absolute Gasteiger partial charge is 0.462 e. The summed E-state index contributed by atoms with van der Waals surface area (Å²) < 4.78 is 7.12. The Balaban J connectivity index is 2.30. The lowest BCUT2D eigenvalue weighted by molar-refractivity contribution is 0.505. The molecule has 0 radical (unpaired) electrons. The number of rotatable bonds is 2. The highest BCUT2D eigenvalue weighted by molar-refractivity contribution is 5.65. The average molecular weight is 216 g/mol. The molecule has 0 aliphatic carbocycles. The van der Waals surface area contributed by atoms with Gasteiger partial charge in [0.05, 0.1) is 5.69 Å². The highest BCUT2D eigenvalue weighted by atomic mass is 16.3. The van der Waals surface area contributed by atoms with Crippen LogP contribution in [0.3, 0.4) is 0 Å². The molecule has 0 spiro atoms. The summed E-state index contributed by atoms with van der Waals surface area (Å²) in [7, 11) is 1.85. The van der Waals surface area contributed by atoms with E-state index < -0.39 is 0 Å². The van der Waals surface area contributed by atoms with E-state index in [4.69, 9.17) is 4.42 Å². The average Bonchev–Trinajstić information content (AvgIpc) is 2.59. The Hall–Kier alpha value is -2.10. The van der Waals surface area contributed by atoms with Crippen LogP contribution in [0.5, 0.6) is 0 Å². The molecule has 0 unspecified atom stereocenters. The maximum Gasteiger partial charge on any atom is 0.185 e. The minimum absolute atomic E-state index is 0.0478. The summed E-state index contributed by atoms with van der Waals surface area (Å²) in [4.78, 5) is 11.2. The summed E-state index contributed by atoms with van der Waals surface area (Å²) in [5.74, 6) is 1.16. The van der Waals surface area contributed by atoms with Crippen molar-refractivity contribution in [2.45, 2.75) is 6.92 Å². The Morgan fingerprint density at radius 2 is 2.19 bits per heavy atom. The lowest BCUT2D eigenvalue weighted by atomic mass is 10.3. The van der Waals surface area contributed by atoms with Crippen molar-refractivity contribution in [2.24, 2.45) is 7.05 Å². The highest BCUT2D eigenvalue weighted by Crippen LogP contribution is 2.07. The smallest absolute Gasteiger partial charge is 0.185 e. The van der Waals surface area contributed by atoms with E-state index >= 15 is 0 Å². The predicted octanol–water partition coefficient (Wildman–Crippen LogP) is 1.85. The number of hydrogen-bond acceptors (Lipinski definition) is 3. The van der Waals surface area contributed by atoms with Crippen molar-refractivity contribution < 1.29 is 4.42 Å². The minimum atomic E-state index is -0.0478. The van der Waals surface area contributed by atoms with Gasteiger partial charge in [-0.15, -0.1) is 0 Å². The van der Waals surface area contributed by atoms with Gasteiger partial charge in [0.15, 0.2) is 5.43 Å². The quantitative estimate of drug-likeness (QED) is 0.769. The normalized spacial score (nSPS) is 11.1. The first-order valence-corrected chi connectivity index (χ1v) is 4.93. The van der Waals surface area contributed by atoms with Gasteiger partial charge in [0.1, 0.15) is 11.5 Å². The summed E-state index contributed by atoms with van der Waals surface area (Å²) in [5.41, 5.74) is 0.901.